The topological polar surface area (TPSA) is 35.5 Å². The molecule has 0 fully saturated rings. The number of ether oxygens (including phenoxy) is 2. The Balaban J connectivity index is 1.56. The molecule has 3 aromatic rings. The molecule has 0 aliphatic heterocycles. The number of benzene rings is 3. The molecule has 0 saturated carbocycles. The summed E-state index contributed by atoms with van der Waals surface area (Å²) in [5.74, 6) is 1.28. The van der Waals surface area contributed by atoms with Gasteiger partial charge in [0.15, 0.2) is 6.29 Å². The fourth-order valence-electron chi connectivity index (χ4n) is 3.04. The number of hydrogen-bond donors (Lipinski definition) is 0. The van der Waals surface area contributed by atoms with Crippen molar-refractivity contribution in [2.24, 2.45) is 0 Å². The maximum Gasteiger partial charge on any atom is 0.153 e. The summed E-state index contributed by atoms with van der Waals surface area (Å²) in [5, 5.41) is 0.504. The van der Waals surface area contributed by atoms with E-state index >= 15 is 0 Å². The molecule has 0 aliphatic carbocycles. The van der Waals surface area contributed by atoms with Gasteiger partial charge in [-0.25, -0.2) is 0 Å². The van der Waals surface area contributed by atoms with Crippen LogP contribution in [0.15, 0.2) is 72.8 Å². The van der Waals surface area contributed by atoms with Crippen molar-refractivity contribution >= 4 is 17.9 Å². The van der Waals surface area contributed by atoms with E-state index in [9.17, 15) is 4.79 Å². The molecule has 0 amide bonds. The van der Waals surface area contributed by atoms with E-state index in [2.05, 4.69) is 50.2 Å². The Morgan fingerprint density at radius 1 is 0.857 bits per heavy atom. The molecular weight excluding hydrogens is 372 g/mol. The highest BCUT2D eigenvalue weighted by atomic mass is 35.5. The van der Waals surface area contributed by atoms with Crippen LogP contribution in [0.25, 0.3) is 0 Å². The van der Waals surface area contributed by atoms with Gasteiger partial charge < -0.3 is 9.47 Å². The second-order valence-corrected chi connectivity index (χ2v) is 7.45. The van der Waals surface area contributed by atoms with Gasteiger partial charge in [-0.3, -0.25) is 4.79 Å². The molecule has 144 valence electrons. The summed E-state index contributed by atoms with van der Waals surface area (Å²) in [7, 11) is 0. The quantitative estimate of drug-likeness (QED) is 0.350. The number of halogens is 1. The smallest absolute Gasteiger partial charge is 0.153 e. The Labute approximate surface area is 170 Å². The first-order valence-corrected chi connectivity index (χ1v) is 9.55. The molecule has 0 aliphatic rings. The third-order valence-corrected chi connectivity index (χ3v) is 5.02. The van der Waals surface area contributed by atoms with Crippen molar-refractivity contribution in [2.45, 2.75) is 19.3 Å². The van der Waals surface area contributed by atoms with Crippen LogP contribution in [0.1, 0.15) is 35.3 Å². The van der Waals surface area contributed by atoms with Crippen molar-refractivity contribution in [3.63, 3.8) is 0 Å². The molecule has 0 bridgehead atoms. The minimum Gasteiger partial charge on any atom is -0.490 e. The van der Waals surface area contributed by atoms with Gasteiger partial charge in [-0.2, -0.15) is 0 Å². The van der Waals surface area contributed by atoms with Crippen LogP contribution in [0.2, 0.25) is 5.02 Å². The summed E-state index contributed by atoms with van der Waals surface area (Å²) in [4.78, 5) is 11.1. The van der Waals surface area contributed by atoms with Crippen LogP contribution < -0.4 is 9.47 Å². The second-order valence-electron chi connectivity index (χ2n) is 7.01. The van der Waals surface area contributed by atoms with Gasteiger partial charge in [0.1, 0.15) is 24.7 Å². The monoisotopic (exact) mass is 394 g/mol. The summed E-state index contributed by atoms with van der Waals surface area (Å²) in [5.41, 5.74) is 2.84. The Morgan fingerprint density at radius 3 is 2.18 bits per heavy atom. The van der Waals surface area contributed by atoms with Crippen molar-refractivity contribution in [1.82, 2.24) is 0 Å². The summed E-state index contributed by atoms with van der Waals surface area (Å²) >= 11 is 5.88. The van der Waals surface area contributed by atoms with E-state index in [1.807, 2.05) is 18.2 Å². The molecular formula is C24H23ClO3. The van der Waals surface area contributed by atoms with E-state index in [-0.39, 0.29) is 5.41 Å². The van der Waals surface area contributed by atoms with Crippen molar-refractivity contribution in [2.75, 3.05) is 13.2 Å². The Kier molecular flexibility index (Phi) is 6.37. The molecule has 0 N–H and O–H groups in total. The van der Waals surface area contributed by atoms with Crippen LogP contribution in [0.3, 0.4) is 0 Å². The summed E-state index contributed by atoms with van der Waals surface area (Å²) in [6.07, 6.45) is 0.731. The molecule has 3 nitrogen and oxygen atoms in total. The number of aldehydes is 1. The number of carbonyl (C=O) groups is 1. The lowest BCUT2D eigenvalue weighted by Gasteiger charge is -2.26. The van der Waals surface area contributed by atoms with Gasteiger partial charge in [0.25, 0.3) is 0 Å². The van der Waals surface area contributed by atoms with E-state index in [0.29, 0.717) is 29.5 Å². The lowest BCUT2D eigenvalue weighted by molar-refractivity contribution is 0.111. The Bertz CT molecular complexity index is 918. The zero-order valence-corrected chi connectivity index (χ0v) is 16.8. The summed E-state index contributed by atoms with van der Waals surface area (Å²) in [6, 6.07) is 23.5. The van der Waals surface area contributed by atoms with Crippen LogP contribution in [0, 0.1) is 0 Å². The van der Waals surface area contributed by atoms with Crippen molar-refractivity contribution in [3.05, 3.63) is 94.5 Å². The lowest BCUT2D eigenvalue weighted by atomic mass is 9.78. The van der Waals surface area contributed by atoms with Crippen LogP contribution in [-0.2, 0) is 5.41 Å². The molecule has 0 heterocycles. The Morgan fingerprint density at radius 2 is 1.50 bits per heavy atom. The minimum absolute atomic E-state index is 0.0806. The molecule has 28 heavy (non-hydrogen) atoms. The average Bonchev–Trinajstić information content (AvgIpc) is 2.73. The first kappa shape index (κ1) is 20.0. The van der Waals surface area contributed by atoms with Crippen molar-refractivity contribution in [3.8, 4) is 11.5 Å². The second kappa shape index (κ2) is 8.94. The Hall–Kier alpha value is -2.78. The fraction of sp³-hybridized carbons (Fsp3) is 0.208. The number of rotatable bonds is 8. The summed E-state index contributed by atoms with van der Waals surface area (Å²) in [6.45, 7) is 5.13. The SMILES string of the molecule is CC(C)(c1ccccc1)c1ccc(OCCOc2ccc(Cl)cc2C=O)cc1. The van der Waals surface area contributed by atoms with Gasteiger partial charge in [0.05, 0.1) is 5.56 Å². The largest absolute Gasteiger partial charge is 0.490 e. The zero-order chi connectivity index (χ0) is 20.0. The number of carbonyl (C=O) groups excluding carboxylic acids is 1. The van der Waals surface area contributed by atoms with E-state index < -0.39 is 0 Å². The first-order chi connectivity index (χ1) is 13.5. The van der Waals surface area contributed by atoms with E-state index in [4.69, 9.17) is 21.1 Å². The molecule has 3 rings (SSSR count). The first-order valence-electron chi connectivity index (χ1n) is 9.17. The third kappa shape index (κ3) is 4.73. The predicted molar refractivity (Wildman–Crippen MR) is 113 cm³/mol. The third-order valence-electron chi connectivity index (χ3n) is 4.78. The molecule has 0 spiro atoms. The normalized spacial score (nSPS) is 11.1. The van der Waals surface area contributed by atoms with Crippen LogP contribution >= 0.6 is 11.6 Å². The molecule has 0 radical (unpaired) electrons. The van der Waals surface area contributed by atoms with Gasteiger partial charge in [-0.1, -0.05) is 67.9 Å². The zero-order valence-electron chi connectivity index (χ0n) is 16.0. The maximum absolute atomic E-state index is 11.1. The molecule has 0 atom stereocenters. The van der Waals surface area contributed by atoms with Crippen LogP contribution in [0.5, 0.6) is 11.5 Å². The van der Waals surface area contributed by atoms with Crippen molar-refractivity contribution < 1.29 is 14.3 Å². The summed E-state index contributed by atoms with van der Waals surface area (Å²) < 4.78 is 11.4. The predicted octanol–water partition coefficient (Wildman–Crippen LogP) is 5.94. The standard InChI is InChI=1S/C24H23ClO3/c1-24(2,19-6-4-3-5-7-19)20-8-11-22(12-9-20)27-14-15-28-23-13-10-21(25)16-18(23)17-26/h3-13,16-17H,14-15H2,1-2H3. The maximum atomic E-state index is 11.1. The van der Waals surface area contributed by atoms with Gasteiger partial charge in [-0.05, 0) is 41.5 Å². The van der Waals surface area contributed by atoms with Crippen LogP contribution in [-0.4, -0.2) is 19.5 Å². The number of hydrogen-bond acceptors (Lipinski definition) is 3. The van der Waals surface area contributed by atoms with Gasteiger partial charge >= 0.3 is 0 Å². The highest BCUT2D eigenvalue weighted by molar-refractivity contribution is 6.30. The molecule has 4 heteroatoms. The molecule has 0 saturated heterocycles. The van der Waals surface area contributed by atoms with E-state index in [0.717, 1.165) is 12.0 Å². The van der Waals surface area contributed by atoms with Crippen molar-refractivity contribution in [1.29, 1.82) is 0 Å². The van der Waals surface area contributed by atoms with Gasteiger partial charge in [0, 0.05) is 10.4 Å². The molecule has 0 unspecified atom stereocenters. The lowest BCUT2D eigenvalue weighted by Crippen LogP contribution is -2.18. The van der Waals surface area contributed by atoms with E-state index in [1.54, 1.807) is 18.2 Å². The minimum atomic E-state index is -0.0806. The highest BCUT2D eigenvalue weighted by Crippen LogP contribution is 2.32. The molecule has 0 aromatic heterocycles. The average molecular weight is 395 g/mol. The molecule has 3 aromatic carbocycles. The van der Waals surface area contributed by atoms with Gasteiger partial charge in [0.2, 0.25) is 0 Å². The van der Waals surface area contributed by atoms with Crippen LogP contribution in [0.4, 0.5) is 0 Å². The fourth-order valence-corrected chi connectivity index (χ4v) is 3.22. The highest BCUT2D eigenvalue weighted by Gasteiger charge is 2.22. The van der Waals surface area contributed by atoms with Gasteiger partial charge in [-0.15, -0.1) is 0 Å². The van der Waals surface area contributed by atoms with E-state index in [1.165, 1.54) is 11.1 Å².